The molecule has 1 nitrogen and oxygen atoms in total. The molecule has 1 aliphatic rings. The van der Waals surface area contributed by atoms with Crippen LogP contribution in [-0.4, -0.2) is 7.05 Å². The van der Waals surface area contributed by atoms with E-state index in [4.69, 9.17) is 0 Å². The zero-order valence-corrected chi connectivity index (χ0v) is 13.6. The van der Waals surface area contributed by atoms with Crippen molar-refractivity contribution in [2.24, 2.45) is 0 Å². The van der Waals surface area contributed by atoms with Crippen molar-refractivity contribution in [2.45, 2.75) is 25.3 Å². The molecule has 0 heterocycles. The molecule has 104 valence electrons. The van der Waals surface area contributed by atoms with Gasteiger partial charge >= 0.3 is 0 Å². The second kappa shape index (κ2) is 5.82. The van der Waals surface area contributed by atoms with Gasteiger partial charge in [0, 0.05) is 3.57 Å². The monoisotopic (exact) mass is 381 g/mol. The van der Waals surface area contributed by atoms with Crippen LogP contribution in [0.15, 0.2) is 36.4 Å². The highest BCUT2D eigenvalue weighted by Gasteiger charge is 2.18. The van der Waals surface area contributed by atoms with Crippen molar-refractivity contribution in [3.63, 3.8) is 0 Å². The smallest absolute Gasteiger partial charge is 0.124 e. The molecule has 0 aliphatic heterocycles. The molecule has 3 heteroatoms. The fourth-order valence-corrected chi connectivity index (χ4v) is 3.80. The highest BCUT2D eigenvalue weighted by atomic mass is 127. The summed E-state index contributed by atoms with van der Waals surface area (Å²) in [4.78, 5) is 0. The number of aryl methyl sites for hydroxylation is 2. The van der Waals surface area contributed by atoms with Crippen LogP contribution in [0.1, 0.15) is 34.7 Å². The van der Waals surface area contributed by atoms with E-state index < -0.39 is 0 Å². The van der Waals surface area contributed by atoms with Crippen LogP contribution in [0.3, 0.4) is 0 Å². The summed E-state index contributed by atoms with van der Waals surface area (Å²) < 4.78 is 14.2. The summed E-state index contributed by atoms with van der Waals surface area (Å²) in [5, 5.41) is 3.36. The van der Waals surface area contributed by atoms with Crippen LogP contribution in [0, 0.1) is 9.39 Å². The average molecular weight is 381 g/mol. The Morgan fingerprint density at radius 3 is 2.65 bits per heavy atom. The Bertz CT molecular complexity index is 639. The van der Waals surface area contributed by atoms with Gasteiger partial charge in [-0.2, -0.15) is 0 Å². The fourth-order valence-electron chi connectivity index (χ4n) is 3.01. The van der Waals surface area contributed by atoms with Crippen molar-refractivity contribution in [1.82, 2.24) is 5.32 Å². The Hall–Kier alpha value is -0.940. The van der Waals surface area contributed by atoms with Gasteiger partial charge in [-0.3, -0.25) is 0 Å². The highest BCUT2D eigenvalue weighted by Crippen LogP contribution is 2.30. The Kier molecular flexibility index (Phi) is 4.08. The predicted molar refractivity (Wildman–Crippen MR) is 88.5 cm³/mol. The van der Waals surface area contributed by atoms with Crippen LogP contribution in [0.2, 0.25) is 0 Å². The Balaban J connectivity index is 2.01. The first kappa shape index (κ1) is 14.0. The van der Waals surface area contributed by atoms with Crippen LogP contribution in [0.4, 0.5) is 4.39 Å². The quantitative estimate of drug-likeness (QED) is 0.785. The van der Waals surface area contributed by atoms with E-state index in [9.17, 15) is 4.39 Å². The maximum absolute atomic E-state index is 13.3. The molecule has 0 bridgehead atoms. The van der Waals surface area contributed by atoms with Gasteiger partial charge in [-0.25, -0.2) is 4.39 Å². The highest BCUT2D eigenvalue weighted by molar-refractivity contribution is 14.1. The minimum Gasteiger partial charge on any atom is -0.309 e. The number of nitrogens with one attached hydrogen (secondary N) is 1. The lowest BCUT2D eigenvalue weighted by Crippen LogP contribution is -2.19. The zero-order valence-electron chi connectivity index (χ0n) is 11.4. The minimum absolute atomic E-state index is 0.119. The number of halogens is 2. The molecule has 1 aliphatic carbocycles. The van der Waals surface area contributed by atoms with Gasteiger partial charge < -0.3 is 5.32 Å². The standard InChI is InChI=1S/C17H17FIN/c1-20-17(15-8-7-14(18)10-16(15)19)13-6-5-11-3-2-4-12(11)9-13/h5-10,17,20H,2-4H2,1H3. The van der Waals surface area contributed by atoms with Crippen molar-refractivity contribution in [3.05, 3.63) is 68.0 Å². The molecule has 0 fully saturated rings. The predicted octanol–water partition coefficient (Wildman–Crippen LogP) is 4.23. The van der Waals surface area contributed by atoms with E-state index in [1.54, 1.807) is 6.07 Å². The third-order valence-electron chi connectivity index (χ3n) is 4.02. The molecule has 2 aromatic rings. The Morgan fingerprint density at radius 2 is 1.90 bits per heavy atom. The van der Waals surface area contributed by atoms with E-state index in [2.05, 4.69) is 46.1 Å². The lowest BCUT2D eigenvalue weighted by molar-refractivity contribution is 0.621. The van der Waals surface area contributed by atoms with E-state index in [-0.39, 0.29) is 11.9 Å². The third-order valence-corrected chi connectivity index (χ3v) is 4.95. The minimum atomic E-state index is -0.179. The first-order valence-electron chi connectivity index (χ1n) is 6.93. The van der Waals surface area contributed by atoms with Gasteiger partial charge in [0.1, 0.15) is 5.82 Å². The Morgan fingerprint density at radius 1 is 1.10 bits per heavy atom. The van der Waals surface area contributed by atoms with Crippen LogP contribution < -0.4 is 5.32 Å². The molecule has 0 saturated carbocycles. The molecular weight excluding hydrogens is 364 g/mol. The number of rotatable bonds is 3. The second-order valence-electron chi connectivity index (χ2n) is 5.27. The van der Waals surface area contributed by atoms with E-state index in [0.29, 0.717) is 0 Å². The van der Waals surface area contributed by atoms with Gasteiger partial charge in [-0.15, -0.1) is 0 Å². The van der Waals surface area contributed by atoms with E-state index in [0.717, 1.165) is 9.13 Å². The fraction of sp³-hybridized carbons (Fsp3) is 0.294. The van der Waals surface area contributed by atoms with Crippen molar-refractivity contribution >= 4 is 22.6 Å². The molecule has 1 atom stereocenters. The van der Waals surface area contributed by atoms with Gasteiger partial charge in [0.15, 0.2) is 0 Å². The number of hydrogen-bond acceptors (Lipinski definition) is 1. The first-order valence-corrected chi connectivity index (χ1v) is 8.01. The molecule has 3 rings (SSSR count). The molecule has 20 heavy (non-hydrogen) atoms. The summed E-state index contributed by atoms with van der Waals surface area (Å²) in [5.41, 5.74) is 5.35. The van der Waals surface area contributed by atoms with Crippen molar-refractivity contribution in [3.8, 4) is 0 Å². The van der Waals surface area contributed by atoms with Gasteiger partial charge in [-0.1, -0.05) is 24.3 Å². The molecule has 2 aromatic carbocycles. The maximum atomic E-state index is 13.3. The summed E-state index contributed by atoms with van der Waals surface area (Å²) in [6.07, 6.45) is 3.64. The number of hydrogen-bond donors (Lipinski definition) is 1. The lowest BCUT2D eigenvalue weighted by Gasteiger charge is -2.20. The normalized spacial score (nSPS) is 15.2. The molecule has 1 unspecified atom stereocenters. The SMILES string of the molecule is CNC(c1ccc2c(c1)CCC2)c1ccc(F)cc1I. The summed E-state index contributed by atoms with van der Waals surface area (Å²) in [6, 6.07) is 11.9. The number of fused-ring (bicyclic) bond motifs is 1. The first-order chi connectivity index (χ1) is 9.69. The molecular formula is C17H17FIN. The molecule has 1 N–H and O–H groups in total. The molecule has 0 amide bonds. The van der Waals surface area contributed by atoms with Crippen LogP contribution in [0.25, 0.3) is 0 Å². The van der Waals surface area contributed by atoms with Crippen molar-refractivity contribution < 1.29 is 4.39 Å². The molecule has 0 spiro atoms. The summed E-state index contributed by atoms with van der Waals surface area (Å²) >= 11 is 2.21. The summed E-state index contributed by atoms with van der Waals surface area (Å²) in [5.74, 6) is -0.179. The van der Waals surface area contributed by atoms with E-state index in [1.807, 2.05) is 13.1 Å². The van der Waals surface area contributed by atoms with Crippen molar-refractivity contribution in [2.75, 3.05) is 7.05 Å². The van der Waals surface area contributed by atoms with Gasteiger partial charge in [0.25, 0.3) is 0 Å². The van der Waals surface area contributed by atoms with Crippen LogP contribution in [-0.2, 0) is 12.8 Å². The molecule has 0 radical (unpaired) electrons. The van der Waals surface area contributed by atoms with Crippen molar-refractivity contribution in [1.29, 1.82) is 0 Å². The van der Waals surface area contributed by atoms with Gasteiger partial charge in [0.05, 0.1) is 6.04 Å². The van der Waals surface area contributed by atoms with E-state index >= 15 is 0 Å². The van der Waals surface area contributed by atoms with Crippen LogP contribution in [0.5, 0.6) is 0 Å². The summed E-state index contributed by atoms with van der Waals surface area (Å²) in [6.45, 7) is 0. The van der Waals surface area contributed by atoms with Gasteiger partial charge in [0.2, 0.25) is 0 Å². The third kappa shape index (κ3) is 2.61. The topological polar surface area (TPSA) is 12.0 Å². The van der Waals surface area contributed by atoms with Crippen LogP contribution >= 0.6 is 22.6 Å². The Labute approximate surface area is 132 Å². The molecule has 0 aromatic heterocycles. The van der Waals surface area contributed by atoms with Gasteiger partial charge in [-0.05, 0) is 83.3 Å². The largest absolute Gasteiger partial charge is 0.309 e. The average Bonchev–Trinajstić information content (AvgIpc) is 2.89. The summed E-state index contributed by atoms with van der Waals surface area (Å²) in [7, 11) is 1.96. The zero-order chi connectivity index (χ0) is 14.1. The second-order valence-corrected chi connectivity index (χ2v) is 6.43. The molecule has 0 saturated heterocycles. The maximum Gasteiger partial charge on any atom is 0.124 e. The lowest BCUT2D eigenvalue weighted by atomic mass is 9.96. The number of benzene rings is 2. The van der Waals surface area contributed by atoms with E-state index in [1.165, 1.54) is 42.0 Å².